The Morgan fingerprint density at radius 3 is 2.42 bits per heavy atom. The van der Waals surface area contributed by atoms with Crippen molar-refractivity contribution in [1.82, 2.24) is 15.0 Å². The molecular formula is C26H24ClF2N5O2. The number of primary amides is 1. The number of aryl methyl sites for hydroxylation is 1. The van der Waals surface area contributed by atoms with E-state index in [-0.39, 0.29) is 27.5 Å². The summed E-state index contributed by atoms with van der Waals surface area (Å²) in [7, 11) is 0. The van der Waals surface area contributed by atoms with Crippen LogP contribution in [0.4, 0.5) is 14.5 Å². The summed E-state index contributed by atoms with van der Waals surface area (Å²) in [5, 5.41) is 14.1. The van der Waals surface area contributed by atoms with Gasteiger partial charge in [0.05, 0.1) is 28.0 Å². The van der Waals surface area contributed by atoms with E-state index in [9.17, 15) is 14.3 Å². The molecular weight excluding hydrogens is 488 g/mol. The van der Waals surface area contributed by atoms with Gasteiger partial charge in [0, 0.05) is 46.1 Å². The lowest BCUT2D eigenvalue weighted by Crippen LogP contribution is -2.19. The predicted octanol–water partition coefficient (Wildman–Crippen LogP) is 5.43. The second-order valence-electron chi connectivity index (χ2n) is 9.06. The number of nitrogens with one attached hydrogen (secondary N) is 1. The van der Waals surface area contributed by atoms with Crippen LogP contribution in [0.5, 0.6) is 0 Å². The second-order valence-corrected chi connectivity index (χ2v) is 9.43. The Morgan fingerprint density at radius 2 is 1.81 bits per heavy atom. The average molecular weight is 512 g/mol. The van der Waals surface area contributed by atoms with Crippen molar-refractivity contribution in [2.24, 2.45) is 5.73 Å². The molecule has 0 bridgehead atoms. The summed E-state index contributed by atoms with van der Waals surface area (Å²) in [5.74, 6) is -1.55. The molecule has 0 saturated heterocycles. The van der Waals surface area contributed by atoms with Gasteiger partial charge in [-0.25, -0.2) is 18.7 Å². The van der Waals surface area contributed by atoms with Crippen LogP contribution < -0.4 is 11.1 Å². The fourth-order valence-electron chi connectivity index (χ4n) is 3.85. The van der Waals surface area contributed by atoms with Crippen LogP contribution in [0, 0.1) is 18.6 Å². The third-order valence-electron chi connectivity index (χ3n) is 5.80. The quantitative estimate of drug-likeness (QED) is 0.318. The number of pyridine rings is 1. The van der Waals surface area contributed by atoms with E-state index in [1.807, 2.05) is 0 Å². The Balaban J connectivity index is 1.83. The number of nitrogens with zero attached hydrogens (tertiary/aromatic N) is 3. The molecule has 0 fully saturated rings. The lowest BCUT2D eigenvalue weighted by atomic mass is 10.0. The lowest BCUT2D eigenvalue weighted by Gasteiger charge is -2.21. The normalized spacial score (nSPS) is 12.6. The largest absolute Gasteiger partial charge is 0.382 e. The van der Waals surface area contributed by atoms with Gasteiger partial charge in [0.1, 0.15) is 17.2 Å². The zero-order valence-electron chi connectivity index (χ0n) is 20.0. The highest BCUT2D eigenvalue weighted by molar-refractivity contribution is 6.35. The number of nitrogens with two attached hydrogens (primary N) is 1. The number of aliphatic hydroxyl groups is 1. The van der Waals surface area contributed by atoms with Gasteiger partial charge in [-0.2, -0.15) is 0 Å². The number of fused-ring (bicyclic) bond motifs is 1. The number of hydrogen-bond acceptors (Lipinski definition) is 6. The fraction of sp³-hybridized carbons (Fsp3) is 0.231. The standard InChI is InChI=1S/C26H24ClF2N5O2/c1-12(16-7-14(24(30)35)5-6-19(16)28)34-23-18-8-17(15-10-31-25(32-11-15)26(3,4)36)20(29)9-21(18)33-13(2)22(23)27/h5-12,36H,1-4H3,(H2,30,35)(H,33,34). The summed E-state index contributed by atoms with van der Waals surface area (Å²) < 4.78 is 29.7. The maximum Gasteiger partial charge on any atom is 0.248 e. The lowest BCUT2D eigenvalue weighted by molar-refractivity contribution is 0.0687. The molecule has 2 aromatic carbocycles. The molecule has 0 radical (unpaired) electrons. The van der Waals surface area contributed by atoms with Crippen LogP contribution in [0.15, 0.2) is 42.7 Å². The monoisotopic (exact) mass is 511 g/mol. The van der Waals surface area contributed by atoms with Crippen LogP contribution in [-0.4, -0.2) is 26.0 Å². The van der Waals surface area contributed by atoms with Crippen LogP contribution in [0.3, 0.4) is 0 Å². The molecule has 2 aromatic heterocycles. The summed E-state index contributed by atoms with van der Waals surface area (Å²) >= 11 is 6.60. The molecule has 2 heterocycles. The summed E-state index contributed by atoms with van der Waals surface area (Å²) in [6.07, 6.45) is 2.85. The molecule has 1 unspecified atom stereocenters. The maximum atomic E-state index is 15.1. The molecule has 7 nitrogen and oxygen atoms in total. The number of aromatic nitrogens is 3. The van der Waals surface area contributed by atoms with E-state index < -0.39 is 29.2 Å². The molecule has 0 aliphatic rings. The van der Waals surface area contributed by atoms with Crippen molar-refractivity contribution in [3.05, 3.63) is 82.0 Å². The van der Waals surface area contributed by atoms with Gasteiger partial charge >= 0.3 is 0 Å². The van der Waals surface area contributed by atoms with E-state index in [0.29, 0.717) is 27.8 Å². The Kier molecular flexibility index (Phi) is 6.64. The van der Waals surface area contributed by atoms with E-state index in [0.717, 1.165) is 0 Å². The van der Waals surface area contributed by atoms with E-state index in [4.69, 9.17) is 17.3 Å². The van der Waals surface area contributed by atoms with E-state index in [1.165, 1.54) is 36.7 Å². The molecule has 0 spiro atoms. The van der Waals surface area contributed by atoms with E-state index in [2.05, 4.69) is 20.3 Å². The highest BCUT2D eigenvalue weighted by Crippen LogP contribution is 2.38. The van der Waals surface area contributed by atoms with Gasteiger partial charge in [0.2, 0.25) is 5.91 Å². The number of carbonyl (C=O) groups excluding carboxylic acids is 1. The van der Waals surface area contributed by atoms with Gasteiger partial charge in [0.25, 0.3) is 0 Å². The molecule has 1 atom stereocenters. The van der Waals surface area contributed by atoms with Crippen molar-refractivity contribution in [2.75, 3.05) is 5.32 Å². The molecule has 36 heavy (non-hydrogen) atoms. The minimum Gasteiger partial charge on any atom is -0.382 e. The molecule has 4 rings (SSSR count). The number of halogens is 3. The van der Waals surface area contributed by atoms with Crippen molar-refractivity contribution >= 4 is 34.1 Å². The van der Waals surface area contributed by atoms with Crippen LogP contribution in [0.1, 0.15) is 54.3 Å². The zero-order valence-corrected chi connectivity index (χ0v) is 20.8. The van der Waals surface area contributed by atoms with Crippen LogP contribution in [0.2, 0.25) is 5.02 Å². The van der Waals surface area contributed by atoms with Gasteiger partial charge in [-0.05, 0) is 52.0 Å². The van der Waals surface area contributed by atoms with Crippen molar-refractivity contribution < 1.29 is 18.7 Å². The van der Waals surface area contributed by atoms with Crippen molar-refractivity contribution in [1.29, 1.82) is 0 Å². The van der Waals surface area contributed by atoms with Crippen LogP contribution in [-0.2, 0) is 5.60 Å². The van der Waals surface area contributed by atoms with Crippen LogP contribution >= 0.6 is 11.6 Å². The number of benzene rings is 2. The molecule has 186 valence electrons. The summed E-state index contributed by atoms with van der Waals surface area (Å²) in [6, 6.07) is 6.09. The Hall–Kier alpha value is -3.69. The first-order valence-electron chi connectivity index (χ1n) is 11.1. The first-order valence-corrected chi connectivity index (χ1v) is 11.4. The third kappa shape index (κ3) is 4.84. The Morgan fingerprint density at radius 1 is 1.14 bits per heavy atom. The number of anilines is 1. The van der Waals surface area contributed by atoms with Crippen molar-refractivity contribution in [3.8, 4) is 11.1 Å². The van der Waals surface area contributed by atoms with Gasteiger partial charge in [-0.3, -0.25) is 9.78 Å². The zero-order chi connectivity index (χ0) is 26.4. The minimum absolute atomic E-state index is 0.167. The minimum atomic E-state index is -1.25. The maximum absolute atomic E-state index is 15.1. The van der Waals surface area contributed by atoms with Gasteiger partial charge in [-0.15, -0.1) is 0 Å². The smallest absolute Gasteiger partial charge is 0.248 e. The second kappa shape index (κ2) is 9.40. The molecule has 0 saturated carbocycles. The summed E-state index contributed by atoms with van der Waals surface area (Å²) in [5.41, 5.74) is 6.29. The van der Waals surface area contributed by atoms with Gasteiger partial charge < -0.3 is 16.2 Å². The SMILES string of the molecule is Cc1nc2cc(F)c(-c3cnc(C(C)(C)O)nc3)cc2c(NC(C)c2cc(C(N)=O)ccc2F)c1Cl. The van der Waals surface area contributed by atoms with Gasteiger partial charge in [-0.1, -0.05) is 11.6 Å². The molecule has 0 aliphatic carbocycles. The molecule has 0 aliphatic heterocycles. The molecule has 10 heteroatoms. The first-order chi connectivity index (χ1) is 16.9. The first kappa shape index (κ1) is 25.4. The topological polar surface area (TPSA) is 114 Å². The molecule has 4 aromatic rings. The van der Waals surface area contributed by atoms with Crippen molar-refractivity contribution in [2.45, 2.75) is 39.3 Å². The predicted molar refractivity (Wildman–Crippen MR) is 135 cm³/mol. The number of rotatable bonds is 6. The summed E-state index contributed by atoms with van der Waals surface area (Å²) in [6.45, 7) is 6.49. The number of hydrogen-bond donors (Lipinski definition) is 3. The number of amides is 1. The summed E-state index contributed by atoms with van der Waals surface area (Å²) in [4.78, 5) is 24.3. The van der Waals surface area contributed by atoms with Gasteiger partial charge in [0.15, 0.2) is 5.82 Å². The van der Waals surface area contributed by atoms with Crippen LogP contribution in [0.25, 0.3) is 22.0 Å². The number of carbonyl (C=O) groups is 1. The highest BCUT2D eigenvalue weighted by Gasteiger charge is 2.22. The highest BCUT2D eigenvalue weighted by atomic mass is 35.5. The molecule has 4 N–H and O–H groups in total. The third-order valence-corrected chi connectivity index (χ3v) is 6.26. The average Bonchev–Trinajstić information content (AvgIpc) is 2.81. The van der Waals surface area contributed by atoms with Crippen molar-refractivity contribution in [3.63, 3.8) is 0 Å². The van der Waals surface area contributed by atoms with E-state index >= 15 is 4.39 Å². The van der Waals surface area contributed by atoms with E-state index in [1.54, 1.807) is 33.8 Å². The molecule has 1 amide bonds. The Bertz CT molecular complexity index is 1490. The Labute approximate surface area is 211 Å². The fourth-order valence-corrected chi connectivity index (χ4v) is 4.05.